The predicted molar refractivity (Wildman–Crippen MR) is 84.1 cm³/mol. The van der Waals surface area contributed by atoms with Crippen molar-refractivity contribution >= 4 is 23.2 Å². The van der Waals surface area contributed by atoms with Crippen molar-refractivity contribution in [2.24, 2.45) is 0 Å². The Morgan fingerprint density at radius 1 is 1.26 bits per heavy atom. The third kappa shape index (κ3) is 5.04. The van der Waals surface area contributed by atoms with Crippen LogP contribution in [0.2, 0.25) is 0 Å². The highest BCUT2D eigenvalue weighted by Gasteiger charge is 2.10. The van der Waals surface area contributed by atoms with Crippen molar-refractivity contribution in [3.05, 3.63) is 45.9 Å². The average Bonchev–Trinajstić information content (AvgIpc) is 3.03. The maximum absolute atomic E-state index is 12.0. The fourth-order valence-electron chi connectivity index (χ4n) is 1.69. The number of carboxylic acid groups (broad SMARTS) is 1. The lowest BCUT2D eigenvalue weighted by Gasteiger charge is -2.07. The van der Waals surface area contributed by atoms with E-state index in [4.69, 9.17) is 14.6 Å². The number of hydrogen-bond acceptors (Lipinski definition) is 6. The van der Waals surface area contributed by atoms with Crippen molar-refractivity contribution in [3.63, 3.8) is 0 Å². The molecule has 23 heavy (non-hydrogen) atoms. The van der Waals surface area contributed by atoms with E-state index in [-0.39, 0.29) is 18.1 Å². The molecule has 0 fully saturated rings. The molecule has 0 saturated carbocycles. The second-order valence-electron chi connectivity index (χ2n) is 4.48. The Kier molecular flexibility index (Phi) is 6.07. The Balaban J connectivity index is 1.86. The van der Waals surface area contributed by atoms with Gasteiger partial charge in [-0.05, 0) is 24.3 Å². The third-order valence-corrected chi connectivity index (χ3v) is 3.69. The van der Waals surface area contributed by atoms with Crippen molar-refractivity contribution < 1.29 is 24.2 Å². The van der Waals surface area contributed by atoms with E-state index in [0.717, 1.165) is 0 Å². The molecule has 0 atom stereocenters. The number of methoxy groups -OCH3 is 1. The first-order valence-corrected chi connectivity index (χ1v) is 7.66. The van der Waals surface area contributed by atoms with Gasteiger partial charge in [-0.1, -0.05) is 0 Å². The third-order valence-electron chi connectivity index (χ3n) is 2.84. The van der Waals surface area contributed by atoms with Gasteiger partial charge in [0.25, 0.3) is 5.91 Å². The van der Waals surface area contributed by atoms with E-state index in [0.29, 0.717) is 29.5 Å². The lowest BCUT2D eigenvalue weighted by molar-refractivity contribution is 0.0691. The van der Waals surface area contributed by atoms with Crippen LogP contribution in [0, 0.1) is 0 Å². The molecule has 1 aromatic carbocycles. The minimum atomic E-state index is -1.08. The SMILES string of the molecule is COCCOc1ccc(C(=O)NCc2nc(C(=O)O)cs2)cc1. The number of benzene rings is 1. The van der Waals surface area contributed by atoms with Crippen LogP contribution in [0.5, 0.6) is 5.75 Å². The molecule has 0 spiro atoms. The molecule has 1 amide bonds. The molecule has 0 radical (unpaired) electrons. The van der Waals surface area contributed by atoms with Gasteiger partial charge in [-0.15, -0.1) is 11.3 Å². The van der Waals surface area contributed by atoms with Gasteiger partial charge >= 0.3 is 5.97 Å². The number of carbonyl (C=O) groups is 2. The number of aromatic carboxylic acids is 1. The summed E-state index contributed by atoms with van der Waals surface area (Å²) in [4.78, 5) is 26.7. The van der Waals surface area contributed by atoms with Crippen molar-refractivity contribution in [1.82, 2.24) is 10.3 Å². The lowest BCUT2D eigenvalue weighted by Crippen LogP contribution is -2.22. The van der Waals surface area contributed by atoms with E-state index in [1.54, 1.807) is 31.4 Å². The van der Waals surface area contributed by atoms with Crippen LogP contribution in [0.1, 0.15) is 25.9 Å². The summed E-state index contributed by atoms with van der Waals surface area (Å²) < 4.78 is 10.3. The molecule has 0 aliphatic heterocycles. The number of nitrogens with one attached hydrogen (secondary N) is 1. The van der Waals surface area contributed by atoms with Gasteiger partial charge in [-0.25, -0.2) is 9.78 Å². The molecule has 0 bridgehead atoms. The molecule has 2 N–H and O–H groups in total. The van der Waals surface area contributed by atoms with E-state index in [2.05, 4.69) is 10.3 Å². The lowest BCUT2D eigenvalue weighted by atomic mass is 10.2. The van der Waals surface area contributed by atoms with E-state index >= 15 is 0 Å². The van der Waals surface area contributed by atoms with E-state index in [1.807, 2.05) is 0 Å². The zero-order chi connectivity index (χ0) is 16.7. The number of ether oxygens (including phenoxy) is 2. The highest BCUT2D eigenvalue weighted by molar-refractivity contribution is 7.09. The summed E-state index contributed by atoms with van der Waals surface area (Å²) in [6.07, 6.45) is 0. The summed E-state index contributed by atoms with van der Waals surface area (Å²) in [6, 6.07) is 6.72. The summed E-state index contributed by atoms with van der Waals surface area (Å²) in [6.45, 7) is 1.12. The number of amides is 1. The van der Waals surface area contributed by atoms with Gasteiger partial charge in [0.2, 0.25) is 0 Å². The van der Waals surface area contributed by atoms with E-state index in [9.17, 15) is 9.59 Å². The van der Waals surface area contributed by atoms with Crippen LogP contribution in [-0.2, 0) is 11.3 Å². The minimum Gasteiger partial charge on any atom is -0.491 e. The van der Waals surface area contributed by atoms with Crippen LogP contribution in [0.25, 0.3) is 0 Å². The molecule has 0 aliphatic carbocycles. The Labute approximate surface area is 136 Å². The standard InChI is InChI=1S/C15H16N2O5S/c1-21-6-7-22-11-4-2-10(3-5-11)14(18)16-8-13-17-12(9-23-13)15(19)20/h2-5,9H,6-8H2,1H3,(H,16,18)(H,19,20). The summed E-state index contributed by atoms with van der Waals surface area (Å²) in [7, 11) is 1.60. The van der Waals surface area contributed by atoms with Gasteiger partial charge in [0, 0.05) is 18.1 Å². The monoisotopic (exact) mass is 336 g/mol. The molecule has 2 rings (SSSR count). The van der Waals surface area contributed by atoms with Gasteiger partial charge in [0.15, 0.2) is 5.69 Å². The number of thiazole rings is 1. The topological polar surface area (TPSA) is 97.8 Å². The van der Waals surface area contributed by atoms with E-state index < -0.39 is 5.97 Å². The van der Waals surface area contributed by atoms with Gasteiger partial charge in [-0.2, -0.15) is 0 Å². The normalized spacial score (nSPS) is 10.3. The van der Waals surface area contributed by atoms with Crippen molar-refractivity contribution in [3.8, 4) is 5.75 Å². The fourth-order valence-corrected chi connectivity index (χ4v) is 2.40. The maximum atomic E-state index is 12.0. The molecular formula is C15H16N2O5S. The van der Waals surface area contributed by atoms with Crippen LogP contribution < -0.4 is 10.1 Å². The predicted octanol–water partition coefficient (Wildman–Crippen LogP) is 1.80. The van der Waals surface area contributed by atoms with Crippen LogP contribution in [0.15, 0.2) is 29.6 Å². The summed E-state index contributed by atoms with van der Waals surface area (Å²) >= 11 is 1.19. The van der Waals surface area contributed by atoms with Gasteiger partial charge in [0.05, 0.1) is 13.2 Å². The molecular weight excluding hydrogens is 320 g/mol. The first-order chi connectivity index (χ1) is 11.1. The van der Waals surface area contributed by atoms with Crippen LogP contribution in [0.3, 0.4) is 0 Å². The second kappa shape index (κ2) is 8.25. The van der Waals surface area contributed by atoms with E-state index in [1.165, 1.54) is 16.7 Å². The molecule has 0 unspecified atom stereocenters. The Bertz CT molecular complexity index is 669. The summed E-state index contributed by atoms with van der Waals surface area (Å²) in [5.74, 6) is -0.687. The smallest absolute Gasteiger partial charge is 0.355 e. The summed E-state index contributed by atoms with van der Waals surface area (Å²) in [5.41, 5.74) is 0.468. The zero-order valence-electron chi connectivity index (χ0n) is 12.4. The van der Waals surface area contributed by atoms with Crippen molar-refractivity contribution in [1.29, 1.82) is 0 Å². The first kappa shape index (κ1) is 16.9. The largest absolute Gasteiger partial charge is 0.491 e. The minimum absolute atomic E-state index is 0.0168. The molecule has 122 valence electrons. The number of carbonyl (C=O) groups excluding carboxylic acids is 1. The second-order valence-corrected chi connectivity index (χ2v) is 5.42. The van der Waals surface area contributed by atoms with Crippen molar-refractivity contribution in [2.75, 3.05) is 20.3 Å². The molecule has 1 aromatic heterocycles. The maximum Gasteiger partial charge on any atom is 0.355 e. The van der Waals surface area contributed by atoms with Gasteiger partial charge < -0.3 is 19.9 Å². The van der Waals surface area contributed by atoms with Crippen LogP contribution >= 0.6 is 11.3 Å². The number of aromatic nitrogens is 1. The Hall–Kier alpha value is -2.45. The summed E-state index contributed by atoms with van der Waals surface area (Å²) in [5, 5.41) is 13.5. The number of hydrogen-bond donors (Lipinski definition) is 2. The Morgan fingerprint density at radius 2 is 2.00 bits per heavy atom. The zero-order valence-corrected chi connectivity index (χ0v) is 13.3. The highest BCUT2D eigenvalue weighted by atomic mass is 32.1. The highest BCUT2D eigenvalue weighted by Crippen LogP contribution is 2.13. The van der Waals surface area contributed by atoms with Crippen LogP contribution in [0.4, 0.5) is 0 Å². The molecule has 7 nitrogen and oxygen atoms in total. The average molecular weight is 336 g/mol. The number of carboxylic acids is 1. The molecule has 0 saturated heterocycles. The fraction of sp³-hybridized carbons (Fsp3) is 0.267. The molecule has 1 heterocycles. The first-order valence-electron chi connectivity index (χ1n) is 6.78. The molecule has 2 aromatic rings. The van der Waals surface area contributed by atoms with Crippen LogP contribution in [-0.4, -0.2) is 42.3 Å². The van der Waals surface area contributed by atoms with Gasteiger partial charge in [-0.3, -0.25) is 4.79 Å². The van der Waals surface area contributed by atoms with Crippen molar-refractivity contribution in [2.45, 2.75) is 6.54 Å². The van der Waals surface area contributed by atoms with Gasteiger partial charge in [0.1, 0.15) is 17.4 Å². The molecule has 0 aliphatic rings. The molecule has 8 heteroatoms. The number of rotatable bonds is 8. The quantitative estimate of drug-likeness (QED) is 0.713. The Morgan fingerprint density at radius 3 is 2.61 bits per heavy atom. The number of nitrogens with zero attached hydrogens (tertiary/aromatic N) is 1.